The Kier molecular flexibility index (Phi) is 6.68. The maximum Gasteiger partial charge on any atom is 0.254 e. The smallest absolute Gasteiger partial charge is 0.254 e. The Morgan fingerprint density at radius 1 is 1.12 bits per heavy atom. The summed E-state index contributed by atoms with van der Waals surface area (Å²) in [5.74, 6) is -0.122. The number of pyridine rings is 1. The summed E-state index contributed by atoms with van der Waals surface area (Å²) in [5, 5.41) is 2.76. The summed E-state index contributed by atoms with van der Waals surface area (Å²) in [6.45, 7) is 0.994. The number of carbonyl (C=O) groups excluding carboxylic acids is 2. The second-order valence-electron chi connectivity index (χ2n) is 8.15. The predicted molar refractivity (Wildman–Crippen MR) is 122 cm³/mol. The van der Waals surface area contributed by atoms with Gasteiger partial charge in [0.25, 0.3) is 5.91 Å². The molecule has 6 nitrogen and oxygen atoms in total. The highest BCUT2D eigenvalue weighted by Crippen LogP contribution is 2.34. The first kappa shape index (κ1) is 22.5. The number of nitrogens with zero attached hydrogens (tertiary/aromatic N) is 2. The lowest BCUT2D eigenvalue weighted by molar-refractivity contribution is -0.128. The largest absolute Gasteiger partial charge is 0.489 e. The van der Waals surface area contributed by atoms with Gasteiger partial charge in [-0.05, 0) is 60.9 Å². The Labute approximate surface area is 192 Å². The summed E-state index contributed by atoms with van der Waals surface area (Å²) < 4.78 is 19.2. The maximum absolute atomic E-state index is 13.4. The first-order valence-corrected chi connectivity index (χ1v) is 10.9. The van der Waals surface area contributed by atoms with Crippen LogP contribution in [0.5, 0.6) is 5.75 Å². The molecule has 0 spiro atoms. The zero-order valence-corrected chi connectivity index (χ0v) is 18.5. The highest BCUT2D eigenvalue weighted by atomic mass is 19.1. The lowest BCUT2D eigenvalue weighted by atomic mass is 9.75. The van der Waals surface area contributed by atoms with Crippen LogP contribution in [0.15, 0.2) is 72.9 Å². The van der Waals surface area contributed by atoms with E-state index in [1.807, 2.05) is 18.2 Å². The number of carbonyl (C=O) groups is 2. The van der Waals surface area contributed by atoms with Crippen molar-refractivity contribution in [2.24, 2.45) is 0 Å². The SMILES string of the molecule is CNC(=O)[C@]1(c2ccccn2)CCCN(C(=O)c2cccc(OCc3cccc(F)c3)c2)C1. The fourth-order valence-corrected chi connectivity index (χ4v) is 4.32. The molecular weight excluding hydrogens is 421 g/mol. The summed E-state index contributed by atoms with van der Waals surface area (Å²) in [7, 11) is 1.60. The number of benzene rings is 2. The van der Waals surface area contributed by atoms with E-state index in [-0.39, 0.29) is 30.8 Å². The molecule has 0 aliphatic carbocycles. The molecule has 3 aromatic rings. The van der Waals surface area contributed by atoms with E-state index in [9.17, 15) is 14.0 Å². The average molecular weight is 448 g/mol. The number of likely N-dealkylation sites (tertiary alicyclic amines) is 1. The Hall–Kier alpha value is -3.74. The van der Waals surface area contributed by atoms with E-state index in [0.29, 0.717) is 42.0 Å². The molecule has 1 fully saturated rings. The molecule has 0 unspecified atom stereocenters. The number of amides is 2. The molecule has 1 aliphatic rings. The number of piperidine rings is 1. The van der Waals surface area contributed by atoms with Gasteiger partial charge >= 0.3 is 0 Å². The van der Waals surface area contributed by atoms with Crippen LogP contribution in [0.2, 0.25) is 0 Å². The third-order valence-electron chi connectivity index (χ3n) is 5.97. The number of hydrogen-bond acceptors (Lipinski definition) is 4. The first-order chi connectivity index (χ1) is 16.0. The van der Waals surface area contributed by atoms with E-state index >= 15 is 0 Å². The highest BCUT2D eigenvalue weighted by Gasteiger charge is 2.45. The number of halogens is 1. The molecule has 1 atom stereocenters. The maximum atomic E-state index is 13.4. The van der Waals surface area contributed by atoms with E-state index in [1.54, 1.807) is 54.5 Å². The molecule has 2 amide bonds. The molecule has 33 heavy (non-hydrogen) atoms. The fraction of sp³-hybridized carbons (Fsp3) is 0.269. The minimum atomic E-state index is -0.893. The van der Waals surface area contributed by atoms with Crippen LogP contribution in [0.1, 0.15) is 34.5 Å². The number of ether oxygens (including phenoxy) is 1. The lowest BCUT2D eigenvalue weighted by Crippen LogP contribution is -2.56. The zero-order chi connectivity index (χ0) is 23.3. The summed E-state index contributed by atoms with van der Waals surface area (Å²) in [6.07, 6.45) is 2.97. The van der Waals surface area contributed by atoms with E-state index in [0.717, 1.165) is 0 Å². The third kappa shape index (κ3) is 4.87. The van der Waals surface area contributed by atoms with Crippen molar-refractivity contribution in [3.05, 3.63) is 95.6 Å². The van der Waals surface area contributed by atoms with Crippen LogP contribution in [0.4, 0.5) is 4.39 Å². The molecular formula is C26H26FN3O3. The Morgan fingerprint density at radius 3 is 2.73 bits per heavy atom. The van der Waals surface area contributed by atoms with Crippen LogP contribution in [0, 0.1) is 5.82 Å². The van der Waals surface area contributed by atoms with Gasteiger partial charge in [-0.1, -0.05) is 24.3 Å². The minimum Gasteiger partial charge on any atom is -0.489 e. The summed E-state index contributed by atoms with van der Waals surface area (Å²) in [4.78, 5) is 32.5. The average Bonchev–Trinajstić information content (AvgIpc) is 2.87. The molecule has 2 aromatic carbocycles. The van der Waals surface area contributed by atoms with Crippen LogP contribution in [-0.2, 0) is 16.8 Å². The molecule has 1 N–H and O–H groups in total. The first-order valence-electron chi connectivity index (χ1n) is 10.9. The molecule has 1 saturated heterocycles. The van der Waals surface area contributed by atoms with Crippen molar-refractivity contribution >= 4 is 11.8 Å². The van der Waals surface area contributed by atoms with E-state index in [4.69, 9.17) is 4.74 Å². The van der Waals surface area contributed by atoms with E-state index in [1.165, 1.54) is 12.1 Å². The predicted octanol–water partition coefficient (Wildman–Crippen LogP) is 3.72. The fourth-order valence-electron chi connectivity index (χ4n) is 4.32. The van der Waals surface area contributed by atoms with Gasteiger partial charge in [0.05, 0.1) is 5.69 Å². The Morgan fingerprint density at radius 2 is 1.97 bits per heavy atom. The highest BCUT2D eigenvalue weighted by molar-refractivity contribution is 5.96. The molecule has 7 heteroatoms. The molecule has 170 valence electrons. The van der Waals surface area contributed by atoms with Gasteiger partial charge in [0.15, 0.2) is 0 Å². The summed E-state index contributed by atoms with van der Waals surface area (Å²) in [6, 6.07) is 18.6. The van der Waals surface area contributed by atoms with Gasteiger partial charge in [0.1, 0.15) is 23.6 Å². The zero-order valence-electron chi connectivity index (χ0n) is 18.5. The Bertz CT molecular complexity index is 1140. The van der Waals surface area contributed by atoms with E-state index < -0.39 is 5.41 Å². The molecule has 1 aliphatic heterocycles. The van der Waals surface area contributed by atoms with Crippen LogP contribution in [-0.4, -0.2) is 41.8 Å². The van der Waals surface area contributed by atoms with Crippen LogP contribution >= 0.6 is 0 Å². The number of aromatic nitrogens is 1. The van der Waals surface area contributed by atoms with Crippen molar-refractivity contribution in [1.29, 1.82) is 0 Å². The standard InChI is InChI=1S/C26H26FN3O3/c1-28-25(32)26(23-11-2-3-13-29-23)12-6-14-30(18-26)24(31)20-8-5-10-22(16-20)33-17-19-7-4-9-21(27)15-19/h2-5,7-11,13,15-16H,6,12,14,17-18H2,1H3,(H,28,32)/t26-/m1/s1. The van der Waals surface area contributed by atoms with Gasteiger partial charge in [-0.15, -0.1) is 0 Å². The van der Waals surface area contributed by atoms with Crippen molar-refractivity contribution in [3.63, 3.8) is 0 Å². The van der Waals surface area contributed by atoms with Gasteiger partial charge in [-0.3, -0.25) is 14.6 Å². The number of hydrogen-bond donors (Lipinski definition) is 1. The van der Waals surface area contributed by atoms with Crippen molar-refractivity contribution in [1.82, 2.24) is 15.2 Å². The van der Waals surface area contributed by atoms with Gasteiger partial charge in [-0.25, -0.2) is 4.39 Å². The molecule has 0 bridgehead atoms. The van der Waals surface area contributed by atoms with Gasteiger partial charge in [-0.2, -0.15) is 0 Å². The van der Waals surface area contributed by atoms with Gasteiger partial charge in [0, 0.05) is 31.9 Å². The molecule has 0 saturated carbocycles. The Balaban J connectivity index is 1.52. The molecule has 4 rings (SSSR count). The molecule has 0 radical (unpaired) electrons. The number of rotatable bonds is 6. The quantitative estimate of drug-likeness (QED) is 0.625. The monoisotopic (exact) mass is 447 g/mol. The van der Waals surface area contributed by atoms with Crippen molar-refractivity contribution < 1.29 is 18.7 Å². The lowest BCUT2D eigenvalue weighted by Gasteiger charge is -2.41. The number of nitrogens with one attached hydrogen (secondary N) is 1. The summed E-state index contributed by atoms with van der Waals surface area (Å²) in [5.41, 5.74) is 0.943. The second-order valence-corrected chi connectivity index (χ2v) is 8.15. The second kappa shape index (κ2) is 9.81. The normalized spacial score (nSPS) is 17.9. The van der Waals surface area contributed by atoms with Gasteiger partial charge in [0.2, 0.25) is 5.91 Å². The van der Waals surface area contributed by atoms with Crippen LogP contribution in [0.3, 0.4) is 0 Å². The van der Waals surface area contributed by atoms with Crippen molar-refractivity contribution in [2.75, 3.05) is 20.1 Å². The molecule has 2 heterocycles. The van der Waals surface area contributed by atoms with Crippen molar-refractivity contribution in [3.8, 4) is 5.75 Å². The van der Waals surface area contributed by atoms with Gasteiger partial charge < -0.3 is 15.0 Å². The summed E-state index contributed by atoms with van der Waals surface area (Å²) >= 11 is 0. The van der Waals surface area contributed by atoms with Crippen LogP contribution in [0.25, 0.3) is 0 Å². The van der Waals surface area contributed by atoms with Crippen molar-refractivity contribution in [2.45, 2.75) is 24.9 Å². The molecule has 1 aromatic heterocycles. The van der Waals surface area contributed by atoms with Crippen LogP contribution < -0.4 is 10.1 Å². The topological polar surface area (TPSA) is 71.5 Å². The minimum absolute atomic E-state index is 0.147. The third-order valence-corrected chi connectivity index (χ3v) is 5.97. The van der Waals surface area contributed by atoms with E-state index in [2.05, 4.69) is 10.3 Å². The number of likely N-dealkylation sites (N-methyl/N-ethyl adjacent to an activating group) is 1.